The molecule has 0 bridgehead atoms. The first-order valence-corrected chi connectivity index (χ1v) is 13.4. The van der Waals surface area contributed by atoms with Crippen molar-refractivity contribution in [3.63, 3.8) is 0 Å². The summed E-state index contributed by atoms with van der Waals surface area (Å²) in [5.74, 6) is -0.0840. The molecule has 3 aromatic rings. The van der Waals surface area contributed by atoms with Crippen LogP contribution in [-0.2, 0) is 10.0 Å². The molecule has 1 fully saturated rings. The first kappa shape index (κ1) is 23.7. The zero-order valence-corrected chi connectivity index (χ0v) is 20.9. The molecular weight excluding hydrogens is 503 g/mol. The normalized spacial score (nSPS) is 18.5. The summed E-state index contributed by atoms with van der Waals surface area (Å²) in [4.78, 5) is 0.0173. The molecule has 1 atom stereocenters. The molecule has 1 aliphatic carbocycles. The van der Waals surface area contributed by atoms with Crippen LogP contribution in [0.3, 0.4) is 0 Å². The predicted molar refractivity (Wildman–Crippen MR) is 140 cm³/mol. The lowest BCUT2D eigenvalue weighted by molar-refractivity contribution is 0.479. The molecule has 9 heteroatoms. The van der Waals surface area contributed by atoms with E-state index in [0.29, 0.717) is 16.6 Å². The summed E-state index contributed by atoms with van der Waals surface area (Å²) in [6, 6.07) is 23.2. The van der Waals surface area contributed by atoms with Gasteiger partial charge in [0.25, 0.3) is 10.0 Å². The van der Waals surface area contributed by atoms with E-state index in [1.165, 1.54) is 24.3 Å². The van der Waals surface area contributed by atoms with Gasteiger partial charge in [-0.1, -0.05) is 65.7 Å². The average molecular weight is 525 g/mol. The van der Waals surface area contributed by atoms with Gasteiger partial charge in [0.1, 0.15) is 0 Å². The minimum Gasteiger partial charge on any atom is -0.301 e. The van der Waals surface area contributed by atoms with Crippen molar-refractivity contribution in [2.75, 3.05) is 6.54 Å². The number of rotatable bonds is 6. The maximum Gasteiger partial charge on any atom is 0.284 e. The minimum absolute atomic E-state index is 0.0147. The molecule has 178 valence electrons. The van der Waals surface area contributed by atoms with Gasteiger partial charge in [0.05, 0.1) is 22.9 Å². The Morgan fingerprint density at radius 1 is 0.914 bits per heavy atom. The Morgan fingerprint density at radius 3 is 2.11 bits per heavy atom. The average Bonchev–Trinajstić information content (AvgIpc) is 3.62. The van der Waals surface area contributed by atoms with E-state index in [-0.39, 0.29) is 28.3 Å². The highest BCUT2D eigenvalue weighted by molar-refractivity contribution is 7.90. The van der Waals surface area contributed by atoms with Crippen LogP contribution in [0.2, 0.25) is 10.0 Å². The minimum atomic E-state index is -4.07. The predicted octanol–water partition coefficient (Wildman–Crippen LogP) is 6.01. The highest BCUT2D eigenvalue weighted by atomic mass is 35.5. The van der Waals surface area contributed by atoms with Crippen molar-refractivity contribution in [2.45, 2.75) is 23.7 Å². The molecule has 6 nitrogen and oxygen atoms in total. The number of nitrogens with zero attached hydrogens (tertiary/aromatic N) is 3. The lowest BCUT2D eigenvalue weighted by Gasteiger charge is -2.19. The molecule has 0 aromatic heterocycles. The highest BCUT2D eigenvalue weighted by Gasteiger charge is 2.38. The number of hydrogen-bond acceptors (Lipinski definition) is 4. The first-order chi connectivity index (χ1) is 16.8. The van der Waals surface area contributed by atoms with Gasteiger partial charge in [-0.15, -0.1) is 4.40 Å². The molecular formula is C26H22Cl2N4O2S. The van der Waals surface area contributed by atoms with Crippen LogP contribution in [0.5, 0.6) is 0 Å². The SMILES string of the molecule is N=C(/C(=N\S(=O)(=O)c1ccc(Cl)cc1)N1CC(c2ccccc2)C(c2ccc(Cl)cc2)=N1)C1CC1. The molecule has 2 aliphatic rings. The van der Waals surface area contributed by atoms with Crippen molar-refractivity contribution in [1.29, 1.82) is 5.41 Å². The van der Waals surface area contributed by atoms with Gasteiger partial charge in [-0.2, -0.15) is 13.5 Å². The van der Waals surface area contributed by atoms with E-state index in [1.54, 1.807) is 17.1 Å². The Bertz CT molecular complexity index is 1420. The Balaban J connectivity index is 1.59. The van der Waals surface area contributed by atoms with Crippen LogP contribution >= 0.6 is 23.2 Å². The van der Waals surface area contributed by atoms with Gasteiger partial charge in [0.15, 0.2) is 5.84 Å². The molecule has 1 aliphatic heterocycles. The largest absolute Gasteiger partial charge is 0.301 e. The van der Waals surface area contributed by atoms with E-state index in [0.717, 1.165) is 29.7 Å². The van der Waals surface area contributed by atoms with Gasteiger partial charge in [0.2, 0.25) is 0 Å². The number of nitrogens with one attached hydrogen (secondary N) is 1. The quantitative estimate of drug-likeness (QED) is 0.316. The van der Waals surface area contributed by atoms with Gasteiger partial charge >= 0.3 is 0 Å². The Hall–Kier alpha value is -3.00. The van der Waals surface area contributed by atoms with Crippen LogP contribution in [0.15, 0.2) is 93.3 Å². The van der Waals surface area contributed by atoms with Crippen LogP contribution in [0.4, 0.5) is 0 Å². The highest BCUT2D eigenvalue weighted by Crippen LogP contribution is 2.34. The second-order valence-electron chi connectivity index (χ2n) is 8.57. The summed E-state index contributed by atoms with van der Waals surface area (Å²) in [7, 11) is -4.07. The molecule has 0 amide bonds. The molecule has 0 spiro atoms. The third-order valence-electron chi connectivity index (χ3n) is 6.05. The van der Waals surface area contributed by atoms with Crippen molar-refractivity contribution < 1.29 is 8.42 Å². The molecule has 1 saturated carbocycles. The monoisotopic (exact) mass is 524 g/mol. The molecule has 0 radical (unpaired) electrons. The lowest BCUT2D eigenvalue weighted by Crippen LogP contribution is -2.34. The number of amidine groups is 1. The van der Waals surface area contributed by atoms with Crippen molar-refractivity contribution in [2.24, 2.45) is 15.4 Å². The van der Waals surface area contributed by atoms with Crippen molar-refractivity contribution in [1.82, 2.24) is 5.01 Å². The maximum atomic E-state index is 13.2. The van der Waals surface area contributed by atoms with Crippen molar-refractivity contribution in [3.8, 4) is 0 Å². The van der Waals surface area contributed by atoms with Crippen LogP contribution in [0, 0.1) is 11.3 Å². The van der Waals surface area contributed by atoms with E-state index in [2.05, 4.69) is 4.40 Å². The Morgan fingerprint density at radius 2 is 1.51 bits per heavy atom. The number of hydrazone groups is 1. The van der Waals surface area contributed by atoms with Crippen LogP contribution < -0.4 is 0 Å². The van der Waals surface area contributed by atoms with Crippen molar-refractivity contribution >= 4 is 50.5 Å². The second-order valence-corrected chi connectivity index (χ2v) is 11.0. The number of hydrogen-bond donors (Lipinski definition) is 1. The van der Waals surface area contributed by atoms with Crippen molar-refractivity contribution in [3.05, 3.63) is 100 Å². The summed E-state index contributed by atoms with van der Waals surface area (Å²) in [6.07, 6.45) is 1.67. The fourth-order valence-corrected chi connectivity index (χ4v) is 5.28. The van der Waals surface area contributed by atoms with Crippen LogP contribution in [-0.4, -0.2) is 37.2 Å². The number of sulfonamides is 1. The fourth-order valence-electron chi connectivity index (χ4n) is 4.03. The molecule has 3 aromatic carbocycles. The molecule has 0 saturated heterocycles. The van der Waals surface area contributed by atoms with Gasteiger partial charge in [0, 0.05) is 21.9 Å². The van der Waals surface area contributed by atoms with E-state index in [4.69, 9.17) is 33.7 Å². The summed E-state index contributed by atoms with van der Waals surface area (Å²) in [6.45, 7) is 0.367. The van der Waals surface area contributed by atoms with E-state index in [1.807, 2.05) is 42.5 Å². The zero-order chi connectivity index (χ0) is 24.6. The summed E-state index contributed by atoms with van der Waals surface area (Å²) in [5, 5.41) is 16.2. The third-order valence-corrected chi connectivity index (χ3v) is 7.83. The number of benzene rings is 3. The standard InChI is InChI=1S/C26H22Cl2N4O2S/c27-20-10-8-19(9-11-20)25-23(17-4-2-1-3-5-17)16-32(30-25)26(24(29)18-6-7-18)31-35(33,34)22-14-12-21(28)13-15-22/h1-5,8-15,18,23,29H,6-7,16H2/b29-24?,31-26+. The molecule has 1 heterocycles. The molecule has 1 unspecified atom stereocenters. The van der Waals surface area contributed by atoms with E-state index < -0.39 is 10.0 Å². The Kier molecular flexibility index (Phi) is 6.49. The third kappa shape index (κ3) is 5.17. The van der Waals surface area contributed by atoms with Crippen LogP contribution in [0.25, 0.3) is 0 Å². The molecule has 5 rings (SSSR count). The summed E-state index contributed by atoms with van der Waals surface area (Å²) in [5.41, 5.74) is 2.88. The van der Waals surface area contributed by atoms with Gasteiger partial charge in [-0.3, -0.25) is 0 Å². The van der Waals surface area contributed by atoms with Crippen LogP contribution in [0.1, 0.15) is 29.9 Å². The lowest BCUT2D eigenvalue weighted by atomic mass is 9.90. The second kappa shape index (κ2) is 9.57. The van der Waals surface area contributed by atoms with Gasteiger partial charge in [-0.05, 0) is 60.4 Å². The number of halogens is 2. The zero-order valence-electron chi connectivity index (χ0n) is 18.6. The van der Waals surface area contributed by atoms with Gasteiger partial charge in [-0.25, -0.2) is 5.01 Å². The first-order valence-electron chi connectivity index (χ1n) is 11.2. The Labute approximate surface area is 214 Å². The topological polar surface area (TPSA) is 85.9 Å². The molecule has 35 heavy (non-hydrogen) atoms. The summed E-state index contributed by atoms with van der Waals surface area (Å²) >= 11 is 12.0. The van der Waals surface area contributed by atoms with E-state index in [9.17, 15) is 8.42 Å². The fraction of sp³-hybridized carbons (Fsp3) is 0.192. The molecule has 1 N–H and O–H groups in total. The van der Waals surface area contributed by atoms with Gasteiger partial charge < -0.3 is 5.41 Å². The maximum absolute atomic E-state index is 13.2. The smallest absolute Gasteiger partial charge is 0.284 e. The summed E-state index contributed by atoms with van der Waals surface area (Å²) < 4.78 is 30.5. The van der Waals surface area contributed by atoms with E-state index >= 15 is 0 Å².